The van der Waals surface area contributed by atoms with Gasteiger partial charge in [-0.2, -0.15) is 0 Å². The van der Waals surface area contributed by atoms with Gasteiger partial charge in [-0.3, -0.25) is 4.79 Å². The molecule has 0 radical (unpaired) electrons. The van der Waals surface area contributed by atoms with Gasteiger partial charge in [-0.1, -0.05) is 54.7 Å². The molecule has 5 heteroatoms. The van der Waals surface area contributed by atoms with E-state index < -0.39 is 0 Å². The number of rotatable bonds is 5. The molecule has 1 aliphatic heterocycles. The molecule has 1 saturated heterocycles. The van der Waals surface area contributed by atoms with Crippen molar-refractivity contribution in [3.05, 3.63) is 59.7 Å². The van der Waals surface area contributed by atoms with Gasteiger partial charge in [-0.25, -0.2) is 4.98 Å². The highest BCUT2D eigenvalue weighted by Gasteiger charge is 2.27. The van der Waals surface area contributed by atoms with Crippen molar-refractivity contribution < 1.29 is 4.79 Å². The molecule has 0 aliphatic carbocycles. The smallest absolute Gasteiger partial charge is 0.223 e. The number of nitrogens with zero attached hydrogens (tertiary/aromatic N) is 2. The highest BCUT2D eigenvalue weighted by atomic mass is 32.1. The molecule has 1 atom stereocenters. The minimum absolute atomic E-state index is 0.0451. The SMILES string of the molecule is CCc1ccc2nc(N3CCC(C(=O)N[C@@H](C)c4ccccc4)CC3)sc2c1. The summed E-state index contributed by atoms with van der Waals surface area (Å²) in [5, 5.41) is 4.27. The van der Waals surface area contributed by atoms with E-state index >= 15 is 0 Å². The largest absolute Gasteiger partial charge is 0.349 e. The van der Waals surface area contributed by atoms with E-state index in [1.807, 2.05) is 25.1 Å². The van der Waals surface area contributed by atoms with Crippen LogP contribution in [0.2, 0.25) is 0 Å². The predicted molar refractivity (Wildman–Crippen MR) is 117 cm³/mol. The van der Waals surface area contributed by atoms with Crippen molar-refractivity contribution in [3.63, 3.8) is 0 Å². The van der Waals surface area contributed by atoms with Crippen LogP contribution in [0, 0.1) is 5.92 Å². The van der Waals surface area contributed by atoms with Crippen molar-refractivity contribution in [2.75, 3.05) is 18.0 Å². The monoisotopic (exact) mass is 393 g/mol. The number of benzene rings is 2. The van der Waals surface area contributed by atoms with Crippen molar-refractivity contribution in [2.45, 2.75) is 39.2 Å². The number of nitrogens with one attached hydrogen (secondary N) is 1. The second-order valence-electron chi connectivity index (χ2n) is 7.55. The third-order valence-electron chi connectivity index (χ3n) is 5.64. The molecule has 4 rings (SSSR count). The van der Waals surface area contributed by atoms with E-state index in [1.54, 1.807) is 11.3 Å². The molecule has 1 aromatic heterocycles. The summed E-state index contributed by atoms with van der Waals surface area (Å²) < 4.78 is 1.26. The van der Waals surface area contributed by atoms with Crippen molar-refractivity contribution in [3.8, 4) is 0 Å². The number of carbonyl (C=O) groups is 1. The van der Waals surface area contributed by atoms with Crippen LogP contribution < -0.4 is 10.2 Å². The molecular formula is C23H27N3OS. The molecule has 28 heavy (non-hydrogen) atoms. The summed E-state index contributed by atoms with van der Waals surface area (Å²) in [6.07, 6.45) is 2.80. The van der Waals surface area contributed by atoms with Crippen LogP contribution in [0.3, 0.4) is 0 Å². The number of piperidine rings is 1. The molecule has 1 amide bonds. The Morgan fingerprint density at radius 3 is 2.68 bits per heavy atom. The molecule has 2 aromatic carbocycles. The minimum atomic E-state index is 0.0451. The number of aromatic nitrogens is 1. The fourth-order valence-electron chi connectivity index (χ4n) is 3.80. The first-order chi connectivity index (χ1) is 13.6. The topological polar surface area (TPSA) is 45.2 Å². The van der Waals surface area contributed by atoms with Crippen LogP contribution in [-0.2, 0) is 11.2 Å². The molecule has 146 valence electrons. The normalized spacial score (nSPS) is 16.3. The molecule has 1 aliphatic rings. The maximum atomic E-state index is 12.7. The van der Waals surface area contributed by atoms with E-state index in [4.69, 9.17) is 4.98 Å². The van der Waals surface area contributed by atoms with Gasteiger partial charge in [0.2, 0.25) is 5.91 Å². The zero-order valence-electron chi connectivity index (χ0n) is 16.5. The Hall–Kier alpha value is -2.40. The first-order valence-corrected chi connectivity index (χ1v) is 11.0. The van der Waals surface area contributed by atoms with Gasteiger partial charge in [0, 0.05) is 19.0 Å². The lowest BCUT2D eigenvalue weighted by Crippen LogP contribution is -2.41. The van der Waals surface area contributed by atoms with Gasteiger partial charge in [-0.15, -0.1) is 0 Å². The molecule has 1 N–H and O–H groups in total. The van der Waals surface area contributed by atoms with Crippen LogP contribution in [0.1, 0.15) is 43.9 Å². The zero-order valence-corrected chi connectivity index (χ0v) is 17.3. The summed E-state index contributed by atoms with van der Waals surface area (Å²) >= 11 is 1.77. The third-order valence-corrected chi connectivity index (χ3v) is 6.72. The van der Waals surface area contributed by atoms with Crippen LogP contribution in [0.25, 0.3) is 10.2 Å². The quantitative estimate of drug-likeness (QED) is 0.667. The van der Waals surface area contributed by atoms with Crippen LogP contribution in [0.5, 0.6) is 0 Å². The minimum Gasteiger partial charge on any atom is -0.349 e. The van der Waals surface area contributed by atoms with Crippen LogP contribution in [0.15, 0.2) is 48.5 Å². The molecule has 0 saturated carbocycles. The number of carbonyl (C=O) groups excluding carboxylic acids is 1. The summed E-state index contributed by atoms with van der Waals surface area (Å²) in [5.41, 5.74) is 3.58. The van der Waals surface area contributed by atoms with Crippen LogP contribution in [0.4, 0.5) is 5.13 Å². The lowest BCUT2D eigenvalue weighted by atomic mass is 9.95. The summed E-state index contributed by atoms with van der Waals surface area (Å²) in [7, 11) is 0. The van der Waals surface area contributed by atoms with Gasteiger partial charge in [-0.05, 0) is 49.4 Å². The number of thiazole rings is 1. The second-order valence-corrected chi connectivity index (χ2v) is 8.56. The number of anilines is 1. The predicted octanol–water partition coefficient (Wildman–Crippen LogP) is 4.95. The first-order valence-electron chi connectivity index (χ1n) is 10.1. The Balaban J connectivity index is 1.36. The van der Waals surface area contributed by atoms with Gasteiger partial charge in [0.25, 0.3) is 0 Å². The lowest BCUT2D eigenvalue weighted by Gasteiger charge is -2.31. The average molecular weight is 394 g/mol. The van der Waals surface area contributed by atoms with Gasteiger partial charge in [0.15, 0.2) is 5.13 Å². The molecule has 1 fully saturated rings. The van der Waals surface area contributed by atoms with Crippen molar-refractivity contribution >= 4 is 32.6 Å². The maximum absolute atomic E-state index is 12.7. The first kappa shape index (κ1) is 18.9. The van der Waals surface area contributed by atoms with E-state index in [-0.39, 0.29) is 17.9 Å². The third kappa shape index (κ3) is 4.04. The maximum Gasteiger partial charge on any atom is 0.223 e. The van der Waals surface area contributed by atoms with E-state index in [0.29, 0.717) is 0 Å². The van der Waals surface area contributed by atoms with Gasteiger partial charge < -0.3 is 10.2 Å². The number of amides is 1. The Morgan fingerprint density at radius 1 is 1.21 bits per heavy atom. The van der Waals surface area contributed by atoms with Crippen molar-refractivity contribution in [1.82, 2.24) is 10.3 Å². The Bertz CT molecular complexity index is 945. The Labute approximate surface area is 170 Å². The summed E-state index contributed by atoms with van der Waals surface area (Å²) in [5.74, 6) is 0.261. The van der Waals surface area contributed by atoms with Gasteiger partial charge >= 0.3 is 0 Å². The molecule has 2 heterocycles. The highest BCUT2D eigenvalue weighted by molar-refractivity contribution is 7.22. The highest BCUT2D eigenvalue weighted by Crippen LogP contribution is 2.32. The summed E-state index contributed by atoms with van der Waals surface area (Å²) in [6.45, 7) is 6.00. The van der Waals surface area contributed by atoms with E-state index in [1.165, 1.54) is 10.3 Å². The number of fused-ring (bicyclic) bond motifs is 1. The fraction of sp³-hybridized carbons (Fsp3) is 0.391. The standard InChI is InChI=1S/C23H27N3OS/c1-3-17-9-10-20-21(15-17)28-23(25-20)26-13-11-19(12-14-26)22(27)24-16(2)18-7-5-4-6-8-18/h4-10,15-16,19H,3,11-14H2,1-2H3,(H,24,27)/t16-/m0/s1. The molecule has 3 aromatic rings. The molecule has 0 spiro atoms. The summed E-state index contributed by atoms with van der Waals surface area (Å²) in [4.78, 5) is 19.8. The van der Waals surface area contributed by atoms with Gasteiger partial charge in [0.1, 0.15) is 0 Å². The van der Waals surface area contributed by atoms with Gasteiger partial charge in [0.05, 0.1) is 16.3 Å². The second kappa shape index (κ2) is 8.31. The van der Waals surface area contributed by atoms with Crippen LogP contribution >= 0.6 is 11.3 Å². The van der Waals surface area contributed by atoms with Crippen molar-refractivity contribution in [1.29, 1.82) is 0 Å². The number of hydrogen-bond donors (Lipinski definition) is 1. The number of aryl methyl sites for hydroxylation is 1. The van der Waals surface area contributed by atoms with Crippen LogP contribution in [-0.4, -0.2) is 24.0 Å². The molecule has 4 nitrogen and oxygen atoms in total. The molecule has 0 unspecified atom stereocenters. The molecular weight excluding hydrogens is 366 g/mol. The number of hydrogen-bond acceptors (Lipinski definition) is 4. The Morgan fingerprint density at radius 2 is 1.96 bits per heavy atom. The summed E-state index contributed by atoms with van der Waals surface area (Å²) in [6, 6.07) is 16.7. The van der Waals surface area contributed by atoms with E-state index in [2.05, 4.69) is 47.5 Å². The average Bonchev–Trinajstić information content (AvgIpc) is 3.17. The van der Waals surface area contributed by atoms with Crippen molar-refractivity contribution in [2.24, 2.45) is 5.92 Å². The Kier molecular flexibility index (Phi) is 5.62. The zero-order chi connectivity index (χ0) is 19.5. The lowest BCUT2D eigenvalue weighted by molar-refractivity contribution is -0.126. The fourth-order valence-corrected chi connectivity index (χ4v) is 4.88. The van der Waals surface area contributed by atoms with E-state index in [0.717, 1.165) is 48.6 Å². The molecule has 0 bridgehead atoms. The van der Waals surface area contributed by atoms with E-state index in [9.17, 15) is 4.79 Å².